The number of carboxylic acid groups (broad SMARTS) is 1. The van der Waals surface area contributed by atoms with Crippen LogP contribution in [-0.2, 0) is 23.7 Å². The molecule has 0 saturated carbocycles. The summed E-state index contributed by atoms with van der Waals surface area (Å²) in [4.78, 5) is 27.2. The average molecular weight is 615 g/mol. The lowest BCUT2D eigenvalue weighted by Gasteiger charge is -2.18. The molecule has 3 aromatic carbocycles. The van der Waals surface area contributed by atoms with Crippen molar-refractivity contribution in [2.24, 2.45) is 0 Å². The zero-order chi connectivity index (χ0) is 32.2. The predicted octanol–water partition coefficient (Wildman–Crippen LogP) is 9.12. The van der Waals surface area contributed by atoms with E-state index < -0.39 is 29.4 Å². The number of ketones is 1. The van der Waals surface area contributed by atoms with Gasteiger partial charge < -0.3 is 10.4 Å². The number of aliphatic carboxylic acids is 1. The molecule has 0 aliphatic rings. The first-order valence-corrected chi connectivity index (χ1v) is 13.6. The SMILES string of the molecule is Cc1cc(C(F)(F)F)ccc1-c1ccc(NCc2c(C)cc(C(F)(F)F)cc2-c2ccc(C(=O)CCCC(=O)O)nc2)cc1. The van der Waals surface area contributed by atoms with Crippen molar-refractivity contribution >= 4 is 17.4 Å². The third-order valence-electron chi connectivity index (χ3n) is 7.17. The van der Waals surface area contributed by atoms with E-state index in [0.29, 0.717) is 39.1 Å². The Morgan fingerprint density at radius 2 is 1.39 bits per heavy atom. The van der Waals surface area contributed by atoms with Gasteiger partial charge in [0.2, 0.25) is 0 Å². The Kier molecular flexibility index (Phi) is 9.46. The Morgan fingerprint density at radius 3 is 1.95 bits per heavy atom. The molecule has 11 heteroatoms. The van der Waals surface area contributed by atoms with Crippen molar-refractivity contribution in [2.45, 2.75) is 52.0 Å². The summed E-state index contributed by atoms with van der Waals surface area (Å²) in [5, 5.41) is 12.0. The minimum absolute atomic E-state index is 0.0201. The molecule has 0 spiro atoms. The number of pyridine rings is 1. The van der Waals surface area contributed by atoms with Crippen molar-refractivity contribution in [3.63, 3.8) is 0 Å². The first kappa shape index (κ1) is 32.2. The van der Waals surface area contributed by atoms with E-state index in [1.165, 1.54) is 24.4 Å². The number of rotatable bonds is 10. The molecule has 44 heavy (non-hydrogen) atoms. The van der Waals surface area contributed by atoms with Crippen LogP contribution in [0.1, 0.15) is 57.6 Å². The Balaban J connectivity index is 1.57. The minimum Gasteiger partial charge on any atom is -0.481 e. The number of anilines is 1. The standard InChI is InChI=1S/C33H28F6N2O3/c1-19-14-23(32(34,35)36)9-12-26(19)21-6-10-25(11-7-21)40-18-28-20(2)15-24(33(37,38)39)16-27(28)22-8-13-29(41-17-22)30(42)4-3-5-31(43)44/h6-17,40H,3-5,18H2,1-2H3,(H,43,44). The van der Waals surface area contributed by atoms with E-state index in [-0.39, 0.29) is 42.8 Å². The molecular weight excluding hydrogens is 586 g/mol. The summed E-state index contributed by atoms with van der Waals surface area (Å²) in [5.41, 5.74) is 2.58. The van der Waals surface area contributed by atoms with Gasteiger partial charge in [0, 0.05) is 36.8 Å². The highest BCUT2D eigenvalue weighted by atomic mass is 19.4. The van der Waals surface area contributed by atoms with Gasteiger partial charge in [0.05, 0.1) is 11.1 Å². The third kappa shape index (κ3) is 7.83. The van der Waals surface area contributed by atoms with Crippen LogP contribution in [0.4, 0.5) is 32.0 Å². The molecule has 0 aliphatic heterocycles. The molecule has 0 radical (unpaired) electrons. The van der Waals surface area contributed by atoms with E-state index >= 15 is 0 Å². The number of alkyl halides is 6. The molecule has 0 saturated heterocycles. The van der Waals surface area contributed by atoms with Crippen LogP contribution >= 0.6 is 0 Å². The normalized spacial score (nSPS) is 11.8. The smallest absolute Gasteiger partial charge is 0.416 e. The predicted molar refractivity (Wildman–Crippen MR) is 154 cm³/mol. The Morgan fingerprint density at radius 1 is 0.750 bits per heavy atom. The first-order chi connectivity index (χ1) is 20.6. The van der Waals surface area contributed by atoms with Gasteiger partial charge in [-0.15, -0.1) is 0 Å². The maximum Gasteiger partial charge on any atom is 0.416 e. The van der Waals surface area contributed by atoms with E-state index in [4.69, 9.17) is 5.11 Å². The van der Waals surface area contributed by atoms with Crippen LogP contribution in [0.25, 0.3) is 22.3 Å². The fourth-order valence-corrected chi connectivity index (χ4v) is 4.84. The molecule has 0 amide bonds. The summed E-state index contributed by atoms with van der Waals surface area (Å²) in [6, 6.07) is 15.5. The quantitative estimate of drug-likeness (QED) is 0.138. The molecule has 5 nitrogen and oxygen atoms in total. The van der Waals surface area contributed by atoms with Crippen molar-refractivity contribution in [1.82, 2.24) is 4.98 Å². The number of nitrogens with one attached hydrogen (secondary N) is 1. The number of carboxylic acids is 1. The van der Waals surface area contributed by atoms with E-state index in [2.05, 4.69) is 10.3 Å². The lowest BCUT2D eigenvalue weighted by molar-refractivity contribution is -0.138. The number of hydrogen-bond donors (Lipinski definition) is 2. The Labute approximate surface area is 249 Å². The maximum atomic E-state index is 13.7. The van der Waals surface area contributed by atoms with E-state index in [9.17, 15) is 35.9 Å². The van der Waals surface area contributed by atoms with Crippen molar-refractivity contribution in [1.29, 1.82) is 0 Å². The van der Waals surface area contributed by atoms with Gasteiger partial charge >= 0.3 is 18.3 Å². The molecule has 0 fully saturated rings. The molecule has 0 unspecified atom stereocenters. The summed E-state index contributed by atoms with van der Waals surface area (Å²) in [7, 11) is 0. The van der Waals surface area contributed by atoms with E-state index in [1.807, 2.05) is 0 Å². The van der Waals surface area contributed by atoms with Gasteiger partial charge in [-0.3, -0.25) is 14.6 Å². The molecule has 4 aromatic rings. The first-order valence-electron chi connectivity index (χ1n) is 13.6. The zero-order valence-electron chi connectivity index (χ0n) is 23.7. The maximum absolute atomic E-state index is 13.7. The summed E-state index contributed by atoms with van der Waals surface area (Å²) in [5.74, 6) is -1.39. The Bertz CT molecular complexity index is 1660. The number of hydrogen-bond acceptors (Lipinski definition) is 4. The lowest BCUT2D eigenvalue weighted by Crippen LogP contribution is -2.10. The van der Waals surface area contributed by atoms with Crippen molar-refractivity contribution in [3.8, 4) is 22.3 Å². The molecule has 230 valence electrons. The van der Waals surface area contributed by atoms with Gasteiger partial charge in [-0.25, -0.2) is 0 Å². The van der Waals surface area contributed by atoms with Crippen LogP contribution in [-0.4, -0.2) is 21.8 Å². The number of Topliss-reactive ketones (excluding diaryl/α,β-unsaturated/α-hetero) is 1. The van der Waals surface area contributed by atoms with Crippen LogP contribution in [0, 0.1) is 13.8 Å². The van der Waals surface area contributed by atoms with Gasteiger partial charge in [-0.1, -0.05) is 24.3 Å². The van der Waals surface area contributed by atoms with Crippen LogP contribution in [0.15, 0.2) is 72.9 Å². The highest BCUT2D eigenvalue weighted by molar-refractivity contribution is 5.94. The molecule has 4 rings (SSSR count). The highest BCUT2D eigenvalue weighted by Gasteiger charge is 2.32. The molecule has 0 atom stereocenters. The second-order valence-electron chi connectivity index (χ2n) is 10.4. The number of benzene rings is 3. The summed E-state index contributed by atoms with van der Waals surface area (Å²) >= 11 is 0. The largest absolute Gasteiger partial charge is 0.481 e. The molecule has 0 aliphatic carbocycles. The van der Waals surface area contributed by atoms with Crippen molar-refractivity contribution in [2.75, 3.05) is 5.32 Å². The van der Waals surface area contributed by atoms with Gasteiger partial charge in [0.25, 0.3) is 0 Å². The number of aryl methyl sites for hydroxylation is 2. The van der Waals surface area contributed by atoms with Gasteiger partial charge in [0.1, 0.15) is 5.69 Å². The number of halogens is 6. The summed E-state index contributed by atoms with van der Waals surface area (Å²) in [6.45, 7) is 3.32. The fraction of sp³-hybridized carbons (Fsp3) is 0.242. The van der Waals surface area contributed by atoms with Crippen molar-refractivity contribution < 1.29 is 41.0 Å². The van der Waals surface area contributed by atoms with Crippen LogP contribution in [0.2, 0.25) is 0 Å². The zero-order valence-corrected chi connectivity index (χ0v) is 23.7. The lowest BCUT2D eigenvalue weighted by atomic mass is 9.93. The second kappa shape index (κ2) is 12.9. The van der Waals surface area contributed by atoms with E-state index in [1.54, 1.807) is 38.1 Å². The van der Waals surface area contributed by atoms with Crippen LogP contribution in [0.5, 0.6) is 0 Å². The summed E-state index contributed by atoms with van der Waals surface area (Å²) < 4.78 is 80.2. The number of nitrogens with zero attached hydrogens (tertiary/aromatic N) is 1. The molecule has 2 N–H and O–H groups in total. The second-order valence-corrected chi connectivity index (χ2v) is 10.4. The third-order valence-corrected chi connectivity index (χ3v) is 7.17. The van der Waals surface area contributed by atoms with Gasteiger partial charge in [-0.2, -0.15) is 26.3 Å². The molecule has 1 aromatic heterocycles. The van der Waals surface area contributed by atoms with Crippen LogP contribution in [0.3, 0.4) is 0 Å². The molecular formula is C33H28F6N2O3. The summed E-state index contributed by atoms with van der Waals surface area (Å²) in [6.07, 6.45) is -7.75. The number of carbonyl (C=O) groups is 2. The molecule has 0 bridgehead atoms. The minimum atomic E-state index is -4.59. The monoisotopic (exact) mass is 614 g/mol. The fourth-order valence-electron chi connectivity index (χ4n) is 4.84. The van der Waals surface area contributed by atoms with Gasteiger partial charge in [0.15, 0.2) is 5.78 Å². The van der Waals surface area contributed by atoms with Crippen LogP contribution < -0.4 is 5.32 Å². The molecule has 1 heterocycles. The van der Waals surface area contributed by atoms with E-state index in [0.717, 1.165) is 24.3 Å². The van der Waals surface area contributed by atoms with Gasteiger partial charge in [-0.05, 0) is 96.1 Å². The number of aromatic nitrogens is 1. The number of carbonyl (C=O) groups excluding carboxylic acids is 1. The van der Waals surface area contributed by atoms with Crippen molar-refractivity contribution in [3.05, 3.63) is 106 Å². The Hall–Kier alpha value is -4.67. The highest BCUT2D eigenvalue weighted by Crippen LogP contribution is 2.37. The average Bonchev–Trinajstić information content (AvgIpc) is 2.95. The topological polar surface area (TPSA) is 79.3 Å².